The van der Waals surface area contributed by atoms with Crippen LogP contribution < -0.4 is 16.0 Å². The zero-order chi connectivity index (χ0) is 19.3. The summed E-state index contributed by atoms with van der Waals surface area (Å²) in [5.74, 6) is 0.724. The molecule has 0 spiro atoms. The predicted molar refractivity (Wildman–Crippen MR) is 109 cm³/mol. The summed E-state index contributed by atoms with van der Waals surface area (Å²) in [7, 11) is 0. The van der Waals surface area contributed by atoms with E-state index in [2.05, 4.69) is 20.9 Å². The first-order valence-corrected chi connectivity index (χ1v) is 9.84. The number of carbonyl (C=O) groups excluding carboxylic acids is 2. The van der Waals surface area contributed by atoms with E-state index in [1.807, 2.05) is 42.2 Å². The van der Waals surface area contributed by atoms with E-state index in [4.69, 9.17) is 0 Å². The predicted octanol–water partition coefficient (Wildman–Crippen LogP) is 1.97. The van der Waals surface area contributed by atoms with Gasteiger partial charge in [0.15, 0.2) is 5.96 Å². The molecular weight excluding hydrogens is 342 g/mol. The van der Waals surface area contributed by atoms with Gasteiger partial charge in [-0.2, -0.15) is 0 Å². The fourth-order valence-electron chi connectivity index (χ4n) is 2.97. The highest BCUT2D eigenvalue weighted by Crippen LogP contribution is 2.11. The average molecular weight is 374 g/mol. The van der Waals surface area contributed by atoms with Crippen LogP contribution in [0.3, 0.4) is 0 Å². The molecule has 148 valence electrons. The van der Waals surface area contributed by atoms with Crippen LogP contribution in [0.4, 0.5) is 5.69 Å². The Kier molecular flexibility index (Phi) is 9.17. The molecule has 7 nitrogen and oxygen atoms in total. The molecule has 0 aromatic heterocycles. The largest absolute Gasteiger partial charge is 0.357 e. The van der Waals surface area contributed by atoms with Crippen LogP contribution in [-0.4, -0.2) is 55.4 Å². The van der Waals surface area contributed by atoms with Gasteiger partial charge in [-0.25, -0.2) is 4.99 Å². The number of benzene rings is 1. The van der Waals surface area contributed by atoms with E-state index in [0.717, 1.165) is 51.0 Å². The van der Waals surface area contributed by atoms with Gasteiger partial charge in [0, 0.05) is 38.3 Å². The molecule has 1 aromatic rings. The van der Waals surface area contributed by atoms with Gasteiger partial charge in [-0.3, -0.25) is 9.59 Å². The van der Waals surface area contributed by atoms with Crippen molar-refractivity contribution in [1.29, 1.82) is 0 Å². The van der Waals surface area contributed by atoms with Crippen LogP contribution >= 0.6 is 0 Å². The maximum Gasteiger partial charge on any atom is 0.246 e. The van der Waals surface area contributed by atoms with E-state index in [1.54, 1.807) is 0 Å². The van der Waals surface area contributed by atoms with Gasteiger partial charge in [-0.1, -0.05) is 24.6 Å². The third kappa shape index (κ3) is 8.11. The monoisotopic (exact) mass is 373 g/mol. The smallest absolute Gasteiger partial charge is 0.246 e. The van der Waals surface area contributed by atoms with Crippen molar-refractivity contribution in [2.24, 2.45) is 4.99 Å². The first kappa shape index (κ1) is 20.7. The summed E-state index contributed by atoms with van der Waals surface area (Å²) in [6, 6.07) is 9.34. The van der Waals surface area contributed by atoms with E-state index >= 15 is 0 Å². The van der Waals surface area contributed by atoms with Crippen LogP contribution in [0.2, 0.25) is 0 Å². The number of hydrogen-bond acceptors (Lipinski definition) is 3. The molecule has 1 heterocycles. The summed E-state index contributed by atoms with van der Waals surface area (Å²) in [4.78, 5) is 30.3. The second-order valence-electron chi connectivity index (χ2n) is 6.58. The number of aliphatic imine (C=N–C) groups is 1. The topological polar surface area (TPSA) is 85.8 Å². The van der Waals surface area contributed by atoms with Crippen LogP contribution in [0.15, 0.2) is 35.3 Å². The zero-order valence-electron chi connectivity index (χ0n) is 16.2. The Morgan fingerprint density at radius 1 is 1.15 bits per heavy atom. The van der Waals surface area contributed by atoms with Gasteiger partial charge in [-0.05, 0) is 38.3 Å². The summed E-state index contributed by atoms with van der Waals surface area (Å²) < 4.78 is 0. The van der Waals surface area contributed by atoms with E-state index < -0.39 is 0 Å². The Balaban J connectivity index is 1.72. The number of hydrogen-bond donors (Lipinski definition) is 3. The second kappa shape index (κ2) is 11.9. The molecule has 0 atom stereocenters. The van der Waals surface area contributed by atoms with Gasteiger partial charge in [0.05, 0.1) is 0 Å². The Hall–Kier alpha value is -2.57. The molecule has 2 amide bonds. The lowest BCUT2D eigenvalue weighted by Crippen LogP contribution is -2.40. The molecule has 3 N–H and O–H groups in total. The van der Waals surface area contributed by atoms with Crippen molar-refractivity contribution in [3.05, 3.63) is 30.3 Å². The van der Waals surface area contributed by atoms with Crippen molar-refractivity contribution in [2.75, 3.05) is 38.0 Å². The fourth-order valence-corrected chi connectivity index (χ4v) is 2.97. The van der Waals surface area contributed by atoms with Crippen LogP contribution in [0, 0.1) is 0 Å². The van der Waals surface area contributed by atoms with Crippen molar-refractivity contribution >= 4 is 23.5 Å². The summed E-state index contributed by atoms with van der Waals surface area (Å²) >= 11 is 0. The van der Waals surface area contributed by atoms with E-state index in [-0.39, 0.29) is 18.4 Å². The van der Waals surface area contributed by atoms with Gasteiger partial charge in [0.25, 0.3) is 0 Å². The molecular formula is C20H31N5O2. The number of guanidine groups is 1. The molecule has 0 bridgehead atoms. The molecule has 1 saturated heterocycles. The molecule has 0 unspecified atom stereocenters. The van der Waals surface area contributed by atoms with Crippen LogP contribution in [0.25, 0.3) is 0 Å². The number of anilines is 1. The highest BCUT2D eigenvalue weighted by Gasteiger charge is 2.15. The van der Waals surface area contributed by atoms with Crippen molar-refractivity contribution in [1.82, 2.24) is 15.5 Å². The second-order valence-corrected chi connectivity index (χ2v) is 6.58. The van der Waals surface area contributed by atoms with E-state index in [0.29, 0.717) is 18.9 Å². The number of amides is 2. The molecule has 1 fully saturated rings. The molecule has 2 rings (SSSR count). The minimum absolute atomic E-state index is 0.0504. The van der Waals surface area contributed by atoms with Crippen LogP contribution in [-0.2, 0) is 9.59 Å². The molecule has 1 aliphatic rings. The molecule has 0 radical (unpaired) electrons. The first-order chi connectivity index (χ1) is 13.2. The minimum Gasteiger partial charge on any atom is -0.357 e. The third-order valence-corrected chi connectivity index (χ3v) is 4.35. The lowest BCUT2D eigenvalue weighted by molar-refractivity contribution is -0.130. The standard InChI is InChI=1S/C20H31N5O2/c1-2-21-20(23-16-18(26)24-17-10-5-3-6-11-17)22-13-9-15-25-14-8-4-7-12-19(25)27/h3,5-6,10-11H,2,4,7-9,12-16H2,1H3,(H,24,26)(H2,21,22,23). The normalized spacial score (nSPS) is 15.2. The Morgan fingerprint density at radius 2 is 1.96 bits per heavy atom. The summed E-state index contributed by atoms with van der Waals surface area (Å²) in [5.41, 5.74) is 0.762. The average Bonchev–Trinajstić information content (AvgIpc) is 2.88. The molecule has 7 heteroatoms. The van der Waals surface area contributed by atoms with Gasteiger partial charge < -0.3 is 20.9 Å². The molecule has 27 heavy (non-hydrogen) atoms. The van der Waals surface area contributed by atoms with Gasteiger partial charge >= 0.3 is 0 Å². The molecule has 1 aromatic carbocycles. The van der Waals surface area contributed by atoms with Crippen molar-refractivity contribution in [3.8, 4) is 0 Å². The molecule has 0 aliphatic carbocycles. The highest BCUT2D eigenvalue weighted by atomic mass is 16.2. The number of para-hydroxylation sites is 1. The van der Waals surface area contributed by atoms with Crippen molar-refractivity contribution in [3.63, 3.8) is 0 Å². The quantitative estimate of drug-likeness (QED) is 0.369. The third-order valence-electron chi connectivity index (χ3n) is 4.35. The number of nitrogens with one attached hydrogen (secondary N) is 3. The van der Waals surface area contributed by atoms with E-state index in [9.17, 15) is 9.59 Å². The van der Waals surface area contributed by atoms with Crippen LogP contribution in [0.5, 0.6) is 0 Å². The maximum atomic E-state index is 12.0. The Bertz CT molecular complexity index is 618. The Morgan fingerprint density at radius 3 is 2.74 bits per heavy atom. The summed E-state index contributed by atoms with van der Waals surface area (Å²) in [6.07, 6.45) is 4.78. The number of likely N-dealkylation sites (tertiary alicyclic amines) is 1. The SMILES string of the molecule is CCNC(=NCC(=O)Nc1ccccc1)NCCCN1CCCCCC1=O. The van der Waals surface area contributed by atoms with E-state index in [1.165, 1.54) is 0 Å². The van der Waals surface area contributed by atoms with Gasteiger partial charge in [-0.15, -0.1) is 0 Å². The lowest BCUT2D eigenvalue weighted by Gasteiger charge is -2.20. The zero-order valence-corrected chi connectivity index (χ0v) is 16.2. The summed E-state index contributed by atoms with van der Waals surface area (Å²) in [6.45, 7) is 5.09. The highest BCUT2D eigenvalue weighted by molar-refractivity contribution is 5.94. The van der Waals surface area contributed by atoms with Crippen molar-refractivity contribution in [2.45, 2.75) is 39.0 Å². The minimum atomic E-state index is -0.159. The molecule has 0 saturated carbocycles. The fraction of sp³-hybridized carbons (Fsp3) is 0.550. The maximum absolute atomic E-state index is 12.0. The number of rotatable bonds is 8. The lowest BCUT2D eigenvalue weighted by atomic mass is 10.2. The van der Waals surface area contributed by atoms with Crippen molar-refractivity contribution < 1.29 is 9.59 Å². The van der Waals surface area contributed by atoms with Crippen LogP contribution in [0.1, 0.15) is 39.0 Å². The molecule has 1 aliphatic heterocycles. The Labute approximate surface area is 161 Å². The van der Waals surface area contributed by atoms with Gasteiger partial charge in [0.2, 0.25) is 11.8 Å². The number of carbonyl (C=O) groups is 2. The number of nitrogens with zero attached hydrogens (tertiary/aromatic N) is 2. The summed E-state index contributed by atoms with van der Waals surface area (Å²) in [5, 5.41) is 9.18. The first-order valence-electron chi connectivity index (χ1n) is 9.84. The van der Waals surface area contributed by atoms with Gasteiger partial charge in [0.1, 0.15) is 6.54 Å².